The van der Waals surface area contributed by atoms with Crippen LogP contribution in [0.5, 0.6) is 0 Å². The van der Waals surface area contributed by atoms with Crippen molar-refractivity contribution in [2.75, 3.05) is 4.90 Å². The Kier molecular flexibility index (Phi) is 5.72. The lowest BCUT2D eigenvalue weighted by Gasteiger charge is -2.44. The Morgan fingerprint density at radius 3 is 2.00 bits per heavy atom. The van der Waals surface area contributed by atoms with Crippen LogP contribution in [0.1, 0.15) is 82.2 Å². The molecule has 2 aliphatic carbocycles. The molecule has 0 bridgehead atoms. The first-order chi connectivity index (χ1) is 27.5. The van der Waals surface area contributed by atoms with Crippen molar-refractivity contribution in [3.63, 3.8) is 0 Å². The molecule has 0 radical (unpaired) electrons. The van der Waals surface area contributed by atoms with E-state index >= 15 is 0 Å². The van der Waals surface area contributed by atoms with Crippen LogP contribution in [-0.2, 0) is 16.2 Å². The monoisotopic (exact) mass is 738 g/mol. The van der Waals surface area contributed by atoms with E-state index in [1.807, 2.05) is 0 Å². The van der Waals surface area contributed by atoms with E-state index in [0.29, 0.717) is 0 Å². The molecule has 0 fully saturated rings. The van der Waals surface area contributed by atoms with Crippen molar-refractivity contribution in [3.05, 3.63) is 137 Å². The van der Waals surface area contributed by atoms with Crippen molar-refractivity contribution in [2.24, 2.45) is 0 Å². The Morgan fingerprint density at radius 1 is 0.561 bits per heavy atom. The number of furan rings is 2. The molecule has 57 heavy (non-hydrogen) atoms. The molecule has 13 rings (SSSR count). The molecule has 4 aliphatic rings. The standard InChI is InChI=1S/C52H43BN2O2/c1-28-25-37-38(51(4,5)24-23-50(37,2)3)27-39(28)54-47-42-34(29-15-8-11-20-36(29)52(42,6)7)26-35-30-18-14-19-33-45(30)55(46-32-17-10-13-22-41(32)56-48(33)46)53(43(35)47)44-31-16-9-12-21-40(31)57-49(44)54/h8-22,25-27H,23-24H2,1-7H3. The summed E-state index contributed by atoms with van der Waals surface area (Å²) in [6, 6.07) is 40.8. The molecule has 4 nitrogen and oxygen atoms in total. The van der Waals surface area contributed by atoms with Crippen molar-refractivity contribution in [1.29, 1.82) is 0 Å². The molecule has 0 amide bonds. The van der Waals surface area contributed by atoms with Gasteiger partial charge in [0.05, 0.1) is 16.9 Å². The van der Waals surface area contributed by atoms with Crippen LogP contribution < -0.4 is 15.8 Å². The van der Waals surface area contributed by atoms with E-state index in [-0.39, 0.29) is 23.1 Å². The Bertz CT molecular complexity index is 3310. The van der Waals surface area contributed by atoms with Gasteiger partial charge >= 0.3 is 6.85 Å². The maximum atomic E-state index is 7.34. The van der Waals surface area contributed by atoms with Gasteiger partial charge in [0.15, 0.2) is 5.58 Å². The molecule has 0 saturated carbocycles. The quantitative estimate of drug-likeness (QED) is 0.157. The summed E-state index contributed by atoms with van der Waals surface area (Å²) in [4.78, 5) is 2.57. The molecule has 0 spiro atoms. The summed E-state index contributed by atoms with van der Waals surface area (Å²) in [6.07, 6.45) is 2.33. The molecule has 0 saturated heterocycles. The zero-order valence-electron chi connectivity index (χ0n) is 33.6. The van der Waals surface area contributed by atoms with Gasteiger partial charge in [-0.25, -0.2) is 0 Å². The first-order valence-electron chi connectivity index (χ1n) is 20.7. The summed E-state index contributed by atoms with van der Waals surface area (Å²) in [5, 5.41) is 3.45. The first kappa shape index (κ1) is 32.2. The second kappa shape index (κ2) is 10.1. The van der Waals surface area contributed by atoms with E-state index in [1.54, 1.807) is 0 Å². The number of hydrogen-bond donors (Lipinski definition) is 0. The Labute approximate surface area is 332 Å². The van der Waals surface area contributed by atoms with Crippen molar-refractivity contribution in [2.45, 2.75) is 77.6 Å². The molecule has 0 N–H and O–H groups in total. The molecular weight excluding hydrogens is 695 g/mol. The van der Waals surface area contributed by atoms with Gasteiger partial charge < -0.3 is 13.3 Å². The highest BCUT2D eigenvalue weighted by Gasteiger charge is 2.51. The third-order valence-corrected chi connectivity index (χ3v) is 14.7. The maximum Gasteiger partial charge on any atom is 0.337 e. The number of nitrogens with zero attached hydrogens (tertiary/aromatic N) is 2. The van der Waals surface area contributed by atoms with Crippen LogP contribution >= 0.6 is 0 Å². The summed E-state index contributed by atoms with van der Waals surface area (Å²) in [5.41, 5.74) is 22.2. The Hall–Kier alpha value is -5.94. The third kappa shape index (κ3) is 3.73. The lowest BCUT2D eigenvalue weighted by Crippen LogP contribution is -2.57. The highest BCUT2D eigenvalue weighted by atomic mass is 16.4. The van der Waals surface area contributed by atoms with Gasteiger partial charge in [-0.1, -0.05) is 114 Å². The number of aromatic nitrogens is 1. The van der Waals surface area contributed by atoms with Crippen LogP contribution in [0, 0.1) is 6.92 Å². The van der Waals surface area contributed by atoms with Crippen LogP contribution in [0.25, 0.3) is 66.2 Å². The lowest BCUT2D eigenvalue weighted by atomic mass is 9.44. The molecule has 276 valence electrons. The molecule has 0 unspecified atom stereocenters. The number of benzene rings is 6. The molecule has 5 heteroatoms. The zero-order valence-corrected chi connectivity index (χ0v) is 33.6. The third-order valence-electron chi connectivity index (χ3n) is 14.7. The smallest absolute Gasteiger partial charge is 0.337 e. The van der Waals surface area contributed by atoms with Crippen LogP contribution in [0.2, 0.25) is 0 Å². The average Bonchev–Trinajstić information content (AvgIpc) is 3.92. The van der Waals surface area contributed by atoms with E-state index in [2.05, 4.69) is 167 Å². The molecule has 6 aromatic carbocycles. The van der Waals surface area contributed by atoms with Crippen molar-refractivity contribution in [1.82, 2.24) is 4.48 Å². The molecule has 0 atom stereocenters. The summed E-state index contributed by atoms with van der Waals surface area (Å²) in [7, 11) is 0. The summed E-state index contributed by atoms with van der Waals surface area (Å²) in [5.74, 6) is 0.915. The van der Waals surface area contributed by atoms with Crippen molar-refractivity contribution in [3.8, 4) is 22.3 Å². The van der Waals surface area contributed by atoms with E-state index < -0.39 is 0 Å². The van der Waals surface area contributed by atoms with E-state index in [4.69, 9.17) is 8.83 Å². The second-order valence-electron chi connectivity index (χ2n) is 19.1. The number of para-hydroxylation sites is 3. The summed E-state index contributed by atoms with van der Waals surface area (Å²) >= 11 is 0. The van der Waals surface area contributed by atoms with Gasteiger partial charge in [0.25, 0.3) is 0 Å². The fourth-order valence-corrected chi connectivity index (χ4v) is 11.9. The van der Waals surface area contributed by atoms with E-state index in [1.165, 1.54) is 84.3 Å². The molecular formula is C52H43BN2O2. The molecule has 9 aromatic rings. The zero-order chi connectivity index (χ0) is 38.5. The number of rotatable bonds is 1. The van der Waals surface area contributed by atoms with Gasteiger partial charge in [-0.05, 0) is 117 Å². The Balaban J connectivity index is 1.26. The van der Waals surface area contributed by atoms with Gasteiger partial charge in [0, 0.05) is 38.1 Å². The number of fused-ring (bicyclic) bond motifs is 16. The number of anilines is 3. The van der Waals surface area contributed by atoms with Crippen molar-refractivity contribution < 1.29 is 8.83 Å². The minimum atomic E-state index is -0.271. The minimum absolute atomic E-state index is 0.0412. The first-order valence-corrected chi connectivity index (χ1v) is 20.7. The topological polar surface area (TPSA) is 34.5 Å². The van der Waals surface area contributed by atoms with Crippen molar-refractivity contribution >= 4 is 79.0 Å². The normalized spacial score (nSPS) is 17.6. The highest BCUT2D eigenvalue weighted by Crippen LogP contribution is 2.59. The highest BCUT2D eigenvalue weighted by molar-refractivity contribution is 6.91. The van der Waals surface area contributed by atoms with Crippen LogP contribution in [0.4, 0.5) is 17.3 Å². The fourth-order valence-electron chi connectivity index (χ4n) is 11.9. The molecule has 3 aromatic heterocycles. The Morgan fingerprint density at radius 2 is 1.21 bits per heavy atom. The minimum Gasteiger partial charge on any atom is -0.454 e. The predicted molar refractivity (Wildman–Crippen MR) is 237 cm³/mol. The molecule has 2 aliphatic heterocycles. The number of aryl methyl sites for hydroxylation is 1. The van der Waals surface area contributed by atoms with Crippen LogP contribution in [-0.4, -0.2) is 11.3 Å². The predicted octanol–water partition coefficient (Wildman–Crippen LogP) is 12.7. The van der Waals surface area contributed by atoms with Gasteiger partial charge in [-0.2, -0.15) is 0 Å². The van der Waals surface area contributed by atoms with Gasteiger partial charge in [-0.3, -0.25) is 4.90 Å². The average molecular weight is 739 g/mol. The maximum absolute atomic E-state index is 7.34. The summed E-state index contributed by atoms with van der Waals surface area (Å²) < 4.78 is 16.8. The van der Waals surface area contributed by atoms with Gasteiger partial charge in [0.2, 0.25) is 5.88 Å². The van der Waals surface area contributed by atoms with Gasteiger partial charge in [0.1, 0.15) is 11.2 Å². The van der Waals surface area contributed by atoms with E-state index in [0.717, 1.165) is 50.7 Å². The second-order valence-corrected chi connectivity index (χ2v) is 19.1. The fraction of sp³-hybridized carbons (Fsp3) is 0.231. The van der Waals surface area contributed by atoms with Crippen LogP contribution in [0.3, 0.4) is 0 Å². The lowest BCUT2D eigenvalue weighted by molar-refractivity contribution is 0.332. The number of hydrogen-bond acceptors (Lipinski definition) is 3. The molecule has 5 heterocycles. The van der Waals surface area contributed by atoms with Gasteiger partial charge in [-0.15, -0.1) is 0 Å². The summed E-state index contributed by atoms with van der Waals surface area (Å²) in [6.45, 7) is 16.8. The van der Waals surface area contributed by atoms with Crippen LogP contribution in [0.15, 0.2) is 118 Å². The SMILES string of the molecule is Cc1cc2c(cc1N1c3oc4ccccc4c3B3c4c(cc5c(c41)C(C)(C)c1ccccc1-5)-c1cccc4c5oc6ccccc6c5n3c14)C(C)(C)CCC2(C)C. The van der Waals surface area contributed by atoms with E-state index in [9.17, 15) is 0 Å². The largest absolute Gasteiger partial charge is 0.454 e.